The van der Waals surface area contributed by atoms with Crippen LogP contribution in [0.3, 0.4) is 0 Å². The second-order valence-electron chi connectivity index (χ2n) is 8.07. The number of esters is 1. The zero-order valence-corrected chi connectivity index (χ0v) is 17.3. The smallest absolute Gasteiger partial charge is 0.328 e. The van der Waals surface area contributed by atoms with Crippen molar-refractivity contribution in [2.45, 2.75) is 79.2 Å². The Morgan fingerprint density at radius 3 is 2.26 bits per heavy atom. The lowest BCUT2D eigenvalue weighted by Gasteiger charge is -2.21. The third kappa shape index (κ3) is 9.59. The number of nitrogens with one attached hydrogen (secondary N) is 1. The second kappa shape index (κ2) is 12.5. The molecule has 1 aromatic rings. The van der Waals surface area contributed by atoms with Crippen molar-refractivity contribution in [1.29, 1.82) is 0 Å². The number of hydrogen-bond donors (Lipinski definition) is 1. The van der Waals surface area contributed by atoms with E-state index in [9.17, 15) is 14.4 Å². The summed E-state index contributed by atoms with van der Waals surface area (Å²) in [6.07, 6.45) is 8.50. The molecular formula is C21H36N2O4. The van der Waals surface area contributed by atoms with Crippen LogP contribution in [0.15, 0.2) is 21.9 Å². The van der Waals surface area contributed by atoms with Crippen LogP contribution < -0.4 is 11.2 Å². The molecular weight excluding hydrogens is 344 g/mol. The predicted molar refractivity (Wildman–Crippen MR) is 108 cm³/mol. The van der Waals surface area contributed by atoms with Crippen molar-refractivity contribution in [2.24, 2.45) is 17.8 Å². The molecule has 1 N–H and O–H groups in total. The third-order valence-corrected chi connectivity index (χ3v) is 4.77. The van der Waals surface area contributed by atoms with Gasteiger partial charge in [0.25, 0.3) is 5.56 Å². The van der Waals surface area contributed by atoms with Crippen molar-refractivity contribution >= 4 is 5.97 Å². The van der Waals surface area contributed by atoms with Crippen LogP contribution in [0.4, 0.5) is 0 Å². The highest BCUT2D eigenvalue weighted by molar-refractivity contribution is 5.72. The van der Waals surface area contributed by atoms with Crippen molar-refractivity contribution in [3.8, 4) is 0 Å². The first-order valence-electron chi connectivity index (χ1n) is 10.3. The molecule has 0 saturated heterocycles. The molecule has 0 aromatic carbocycles. The first kappa shape index (κ1) is 23.2. The van der Waals surface area contributed by atoms with Crippen LogP contribution >= 0.6 is 0 Å². The van der Waals surface area contributed by atoms with E-state index in [4.69, 9.17) is 4.74 Å². The van der Waals surface area contributed by atoms with E-state index < -0.39 is 0 Å². The van der Waals surface area contributed by atoms with Gasteiger partial charge in [-0.1, -0.05) is 53.4 Å². The molecule has 0 aliphatic carbocycles. The Morgan fingerprint density at radius 2 is 1.67 bits per heavy atom. The zero-order chi connectivity index (χ0) is 20.2. The first-order valence-corrected chi connectivity index (χ1v) is 10.3. The number of carbonyl (C=O) groups excluding carboxylic acids is 1. The van der Waals surface area contributed by atoms with Gasteiger partial charge >= 0.3 is 11.7 Å². The van der Waals surface area contributed by atoms with Crippen LogP contribution in [0, 0.1) is 17.8 Å². The number of nitrogens with zero attached hydrogens (tertiary/aromatic N) is 1. The zero-order valence-electron chi connectivity index (χ0n) is 17.3. The lowest BCUT2D eigenvalue weighted by Crippen LogP contribution is -2.28. The number of carbonyl (C=O) groups is 1. The molecule has 0 bridgehead atoms. The van der Waals surface area contributed by atoms with E-state index in [1.807, 2.05) is 0 Å². The Labute approximate surface area is 162 Å². The standard InChI is InChI=1S/C21H36N2O4/c1-16(2)15-18(17(3)4)20(25)27-14-10-8-6-5-7-9-12-23-13-11-19(24)22-21(23)26/h11,13,16-18H,5-10,12,14-15H2,1-4H3,(H,22,24,26). The molecule has 6 heteroatoms. The van der Waals surface area contributed by atoms with E-state index in [-0.39, 0.29) is 23.1 Å². The summed E-state index contributed by atoms with van der Waals surface area (Å²) in [6.45, 7) is 9.56. The Morgan fingerprint density at radius 1 is 1.04 bits per heavy atom. The summed E-state index contributed by atoms with van der Waals surface area (Å²) in [4.78, 5) is 37.0. The van der Waals surface area contributed by atoms with Crippen LogP contribution in [0.25, 0.3) is 0 Å². The van der Waals surface area contributed by atoms with Gasteiger partial charge in [0.2, 0.25) is 0 Å². The number of aromatic amines is 1. The quantitative estimate of drug-likeness (QED) is 0.417. The summed E-state index contributed by atoms with van der Waals surface area (Å²) in [6, 6.07) is 1.37. The molecule has 1 atom stereocenters. The highest BCUT2D eigenvalue weighted by Crippen LogP contribution is 2.21. The topological polar surface area (TPSA) is 81.2 Å². The number of H-pyrrole nitrogens is 1. The van der Waals surface area contributed by atoms with Crippen molar-refractivity contribution in [3.05, 3.63) is 33.1 Å². The SMILES string of the molecule is CC(C)CC(C(=O)OCCCCCCCCn1ccc(=O)[nH]c1=O)C(C)C. The van der Waals surface area contributed by atoms with Crippen LogP contribution in [-0.2, 0) is 16.1 Å². The van der Waals surface area contributed by atoms with Crippen molar-refractivity contribution in [2.75, 3.05) is 6.61 Å². The highest BCUT2D eigenvalue weighted by Gasteiger charge is 2.24. The fourth-order valence-electron chi connectivity index (χ4n) is 3.14. The average molecular weight is 381 g/mol. The minimum atomic E-state index is -0.360. The van der Waals surface area contributed by atoms with Crippen LogP contribution in [-0.4, -0.2) is 22.1 Å². The minimum Gasteiger partial charge on any atom is -0.465 e. The maximum absolute atomic E-state index is 12.2. The molecule has 1 rings (SSSR count). The predicted octanol–water partition coefficient (Wildman–Crippen LogP) is 3.74. The largest absolute Gasteiger partial charge is 0.465 e. The van der Waals surface area contributed by atoms with Gasteiger partial charge in [-0.25, -0.2) is 4.79 Å². The van der Waals surface area contributed by atoms with Crippen molar-refractivity contribution in [3.63, 3.8) is 0 Å². The summed E-state index contributed by atoms with van der Waals surface area (Å²) >= 11 is 0. The second-order valence-corrected chi connectivity index (χ2v) is 8.07. The summed E-state index contributed by atoms with van der Waals surface area (Å²) in [5.74, 6) is 0.762. The normalized spacial score (nSPS) is 12.5. The molecule has 0 fully saturated rings. The molecule has 6 nitrogen and oxygen atoms in total. The molecule has 154 valence electrons. The first-order chi connectivity index (χ1) is 12.8. The maximum atomic E-state index is 12.2. The monoisotopic (exact) mass is 380 g/mol. The number of aromatic nitrogens is 2. The Hall–Kier alpha value is -1.85. The van der Waals surface area contributed by atoms with Gasteiger partial charge in [0.15, 0.2) is 0 Å². The number of rotatable bonds is 13. The highest BCUT2D eigenvalue weighted by atomic mass is 16.5. The Kier molecular flexibility index (Phi) is 10.8. The molecule has 0 saturated carbocycles. The number of unbranched alkanes of at least 4 members (excludes halogenated alkanes) is 5. The summed E-state index contributed by atoms with van der Waals surface area (Å²) < 4.78 is 7.00. The van der Waals surface area contributed by atoms with E-state index in [1.54, 1.807) is 6.20 Å². The van der Waals surface area contributed by atoms with Gasteiger partial charge < -0.3 is 9.30 Å². The van der Waals surface area contributed by atoms with Gasteiger partial charge in [0.05, 0.1) is 12.5 Å². The lowest BCUT2D eigenvalue weighted by atomic mass is 9.88. The molecule has 0 spiro atoms. The summed E-state index contributed by atoms with van der Waals surface area (Å²) in [5, 5.41) is 0. The average Bonchev–Trinajstić information content (AvgIpc) is 2.59. The molecule has 0 aliphatic heterocycles. The number of aryl methyl sites for hydroxylation is 1. The fourth-order valence-corrected chi connectivity index (χ4v) is 3.14. The Balaban J connectivity index is 2.09. The minimum absolute atomic E-state index is 0.00123. The molecule has 1 unspecified atom stereocenters. The molecule has 1 aromatic heterocycles. The van der Waals surface area contributed by atoms with Crippen molar-refractivity contribution < 1.29 is 9.53 Å². The van der Waals surface area contributed by atoms with Crippen LogP contribution in [0.2, 0.25) is 0 Å². The van der Waals surface area contributed by atoms with Crippen LogP contribution in [0.5, 0.6) is 0 Å². The van der Waals surface area contributed by atoms with E-state index in [2.05, 4.69) is 32.7 Å². The van der Waals surface area contributed by atoms with E-state index in [0.29, 0.717) is 25.0 Å². The number of ether oxygens (including phenoxy) is 1. The molecule has 1 heterocycles. The third-order valence-electron chi connectivity index (χ3n) is 4.77. The van der Waals surface area contributed by atoms with Gasteiger partial charge in [0.1, 0.15) is 0 Å². The van der Waals surface area contributed by atoms with E-state index >= 15 is 0 Å². The molecule has 0 radical (unpaired) electrons. The molecule has 0 aliphatic rings. The maximum Gasteiger partial charge on any atom is 0.328 e. The van der Waals surface area contributed by atoms with Gasteiger partial charge in [-0.05, 0) is 31.1 Å². The van der Waals surface area contributed by atoms with Gasteiger partial charge in [0, 0.05) is 18.8 Å². The molecule has 27 heavy (non-hydrogen) atoms. The van der Waals surface area contributed by atoms with Gasteiger partial charge in [-0.15, -0.1) is 0 Å². The summed E-state index contributed by atoms with van der Waals surface area (Å²) in [7, 11) is 0. The van der Waals surface area contributed by atoms with E-state index in [1.165, 1.54) is 10.6 Å². The Bertz CT molecular complexity index is 661. The lowest BCUT2D eigenvalue weighted by molar-refractivity contribution is -0.151. The number of hydrogen-bond acceptors (Lipinski definition) is 4. The fraction of sp³-hybridized carbons (Fsp3) is 0.762. The molecule has 0 amide bonds. The van der Waals surface area contributed by atoms with Gasteiger partial charge in [-0.3, -0.25) is 14.6 Å². The summed E-state index contributed by atoms with van der Waals surface area (Å²) in [5.41, 5.74) is -0.706. The van der Waals surface area contributed by atoms with E-state index in [0.717, 1.165) is 44.9 Å². The van der Waals surface area contributed by atoms with Crippen LogP contribution in [0.1, 0.15) is 72.6 Å². The van der Waals surface area contributed by atoms with Gasteiger partial charge in [-0.2, -0.15) is 0 Å². The van der Waals surface area contributed by atoms with Crippen molar-refractivity contribution in [1.82, 2.24) is 9.55 Å².